The lowest BCUT2D eigenvalue weighted by Crippen LogP contribution is -3.00. The topological polar surface area (TPSA) is 15.0 Å². The Labute approximate surface area is 89.6 Å². The maximum absolute atomic E-state index is 5.91. The van der Waals surface area contributed by atoms with E-state index >= 15 is 0 Å². The largest absolute Gasteiger partial charge is 1.00 e. The van der Waals surface area contributed by atoms with Crippen LogP contribution in [0.15, 0.2) is 24.3 Å². The quantitative estimate of drug-likeness (QED) is 0.385. The van der Waals surface area contributed by atoms with E-state index in [1.807, 2.05) is 49.3 Å². The van der Waals surface area contributed by atoms with Crippen LogP contribution in [0.4, 0.5) is 5.69 Å². The van der Waals surface area contributed by atoms with Crippen LogP contribution in [0.2, 0.25) is 5.02 Å². The molecule has 13 heavy (non-hydrogen) atoms. The van der Waals surface area contributed by atoms with Gasteiger partial charge in [0.2, 0.25) is 6.34 Å². The molecule has 0 aliphatic carbocycles. The summed E-state index contributed by atoms with van der Waals surface area (Å²) in [6.45, 7) is 0. The van der Waals surface area contributed by atoms with Crippen molar-refractivity contribution in [3.8, 4) is 0 Å². The van der Waals surface area contributed by atoms with E-state index in [-0.39, 0.29) is 12.4 Å². The Kier molecular flexibility index (Phi) is 5.51. The molecular weight excluding hydrogens is 207 g/mol. The molecule has 0 spiro atoms. The number of nitrogens with zero attached hydrogens (tertiary/aromatic N) is 1. The molecule has 0 saturated carbocycles. The van der Waals surface area contributed by atoms with Gasteiger partial charge in [0.25, 0.3) is 0 Å². The van der Waals surface area contributed by atoms with Crippen molar-refractivity contribution in [3.63, 3.8) is 0 Å². The minimum Gasteiger partial charge on any atom is -1.00 e. The zero-order valence-electron chi connectivity index (χ0n) is 7.59. The molecule has 0 amide bonds. The average molecular weight is 219 g/mol. The Hall–Kier alpha value is -0.730. The molecule has 0 bridgehead atoms. The van der Waals surface area contributed by atoms with Crippen LogP contribution < -0.4 is 17.7 Å². The van der Waals surface area contributed by atoms with Crippen LogP contribution in [-0.4, -0.2) is 25.0 Å². The highest BCUT2D eigenvalue weighted by Gasteiger charge is 1.99. The smallest absolute Gasteiger partial charge is 0.236 e. The maximum Gasteiger partial charge on any atom is 0.236 e. The maximum atomic E-state index is 5.91. The van der Waals surface area contributed by atoms with Gasteiger partial charge in [0, 0.05) is 0 Å². The van der Waals surface area contributed by atoms with Gasteiger partial charge in [-0.05, 0) is 12.1 Å². The van der Waals surface area contributed by atoms with Gasteiger partial charge in [0.1, 0.15) is 5.69 Å². The number of hydrogen-bond donors (Lipinski definition) is 1. The van der Waals surface area contributed by atoms with Crippen molar-refractivity contribution in [3.05, 3.63) is 29.3 Å². The van der Waals surface area contributed by atoms with Crippen molar-refractivity contribution in [2.75, 3.05) is 19.4 Å². The summed E-state index contributed by atoms with van der Waals surface area (Å²) >= 11 is 5.91. The normalized spacial score (nSPS) is 8.54. The van der Waals surface area contributed by atoms with Gasteiger partial charge in [0.05, 0.1) is 19.1 Å². The summed E-state index contributed by atoms with van der Waals surface area (Å²) in [5.41, 5.74) is 0.924. The number of halogens is 2. The van der Waals surface area contributed by atoms with Gasteiger partial charge in [-0.1, -0.05) is 23.7 Å². The second-order valence-electron chi connectivity index (χ2n) is 2.72. The molecule has 0 atom stereocenters. The fourth-order valence-corrected chi connectivity index (χ4v) is 0.967. The van der Waals surface area contributed by atoms with Crippen LogP contribution in [0.25, 0.3) is 0 Å². The van der Waals surface area contributed by atoms with Crippen LogP contribution in [0.5, 0.6) is 0 Å². The summed E-state index contributed by atoms with van der Waals surface area (Å²) < 4.78 is 1.92. The Bertz CT molecular complexity index is 293. The van der Waals surface area contributed by atoms with Crippen molar-refractivity contribution < 1.29 is 17.0 Å². The fraction of sp³-hybridized carbons (Fsp3) is 0.222. The van der Waals surface area contributed by atoms with Gasteiger partial charge < -0.3 is 12.4 Å². The summed E-state index contributed by atoms with van der Waals surface area (Å²) in [7, 11) is 3.90. The predicted molar refractivity (Wildman–Crippen MR) is 53.2 cm³/mol. The molecule has 1 aromatic carbocycles. The average Bonchev–Trinajstić information content (AvgIpc) is 2.03. The van der Waals surface area contributed by atoms with Gasteiger partial charge in [0.15, 0.2) is 0 Å². The van der Waals surface area contributed by atoms with E-state index in [9.17, 15) is 0 Å². The van der Waals surface area contributed by atoms with Crippen molar-refractivity contribution in [1.82, 2.24) is 0 Å². The molecule has 4 heteroatoms. The van der Waals surface area contributed by atoms with Gasteiger partial charge >= 0.3 is 0 Å². The molecule has 1 rings (SSSR count). The van der Waals surface area contributed by atoms with Crippen LogP contribution in [0, 0.1) is 0 Å². The van der Waals surface area contributed by atoms with Gasteiger partial charge in [-0.25, -0.2) is 5.32 Å². The first kappa shape index (κ1) is 12.3. The lowest BCUT2D eigenvalue weighted by atomic mass is 10.3. The van der Waals surface area contributed by atoms with Crippen molar-refractivity contribution in [2.24, 2.45) is 0 Å². The molecule has 2 nitrogen and oxygen atoms in total. The number of hydrogen-bond acceptors (Lipinski definition) is 0. The number of benzene rings is 1. The fourth-order valence-electron chi connectivity index (χ4n) is 0.777. The lowest BCUT2D eigenvalue weighted by molar-refractivity contribution is -0.459. The summed E-state index contributed by atoms with van der Waals surface area (Å²) in [6.07, 6.45) is 1.85. The first-order chi connectivity index (χ1) is 5.70. The number of nitrogens with one attached hydrogen (secondary N) is 1. The summed E-state index contributed by atoms with van der Waals surface area (Å²) in [6, 6.07) is 7.64. The zero-order valence-corrected chi connectivity index (χ0v) is 9.10. The Morgan fingerprint density at radius 2 is 1.92 bits per heavy atom. The molecule has 0 saturated heterocycles. The lowest BCUT2D eigenvalue weighted by Gasteiger charge is -1.96. The number of anilines is 1. The van der Waals surface area contributed by atoms with Gasteiger partial charge in [-0.2, -0.15) is 0 Å². The van der Waals surface area contributed by atoms with Crippen LogP contribution in [0.3, 0.4) is 0 Å². The standard InChI is InChI=1S/C9H11ClN2.ClH/c1-12(2)7-11-9-6-4-3-5-8(9)10;/h3-7H,1-2H3;1H. The minimum absolute atomic E-state index is 0. The highest BCUT2D eigenvalue weighted by Crippen LogP contribution is 2.19. The molecule has 0 radical (unpaired) electrons. The molecule has 1 aromatic rings. The van der Waals surface area contributed by atoms with Crippen LogP contribution >= 0.6 is 11.6 Å². The highest BCUT2D eigenvalue weighted by atomic mass is 35.5. The third kappa shape index (κ3) is 4.15. The second kappa shape index (κ2) is 5.84. The first-order valence-corrected chi connectivity index (χ1v) is 4.09. The Morgan fingerprint density at radius 3 is 2.46 bits per heavy atom. The molecule has 0 aromatic heterocycles. The van der Waals surface area contributed by atoms with Crippen LogP contribution in [0.1, 0.15) is 0 Å². The summed E-state index contributed by atoms with van der Waals surface area (Å²) in [4.78, 5) is 0. The van der Waals surface area contributed by atoms with E-state index in [0.29, 0.717) is 0 Å². The molecule has 0 unspecified atom stereocenters. The third-order valence-electron chi connectivity index (χ3n) is 1.35. The van der Waals surface area contributed by atoms with Gasteiger partial charge in [-0.15, -0.1) is 0 Å². The first-order valence-electron chi connectivity index (χ1n) is 3.71. The molecule has 72 valence electrons. The Morgan fingerprint density at radius 1 is 1.31 bits per heavy atom. The van der Waals surface area contributed by atoms with Crippen molar-refractivity contribution in [1.29, 1.82) is 0 Å². The highest BCUT2D eigenvalue weighted by molar-refractivity contribution is 6.33. The second-order valence-corrected chi connectivity index (χ2v) is 3.12. The van der Waals surface area contributed by atoms with Gasteiger partial charge in [-0.3, -0.25) is 4.58 Å². The van der Waals surface area contributed by atoms with E-state index in [1.54, 1.807) is 0 Å². The monoisotopic (exact) mass is 218 g/mol. The van der Waals surface area contributed by atoms with Crippen molar-refractivity contribution in [2.45, 2.75) is 0 Å². The van der Waals surface area contributed by atoms with Crippen molar-refractivity contribution >= 4 is 23.6 Å². The molecule has 0 aliphatic rings. The van der Waals surface area contributed by atoms with E-state index in [1.165, 1.54) is 0 Å². The summed E-state index contributed by atoms with van der Waals surface area (Å²) in [5.74, 6) is 0. The molecule has 0 heterocycles. The molecular formula is C9H12Cl2N2. The third-order valence-corrected chi connectivity index (χ3v) is 1.68. The Balaban J connectivity index is 0.00000144. The van der Waals surface area contributed by atoms with E-state index in [4.69, 9.17) is 11.6 Å². The zero-order chi connectivity index (χ0) is 8.97. The van der Waals surface area contributed by atoms with E-state index < -0.39 is 0 Å². The van der Waals surface area contributed by atoms with Crippen LogP contribution in [-0.2, 0) is 0 Å². The number of rotatable bonds is 2. The van der Waals surface area contributed by atoms with E-state index in [0.717, 1.165) is 10.7 Å². The summed E-state index contributed by atoms with van der Waals surface area (Å²) in [5, 5.41) is 3.81. The number of para-hydroxylation sites is 1. The predicted octanol–water partition coefficient (Wildman–Crippen LogP) is -0.944. The SMILES string of the molecule is C[N+](C)=CNc1ccccc1Cl.[Cl-]. The minimum atomic E-state index is 0. The molecule has 0 aliphatic heterocycles. The molecule has 1 N–H and O–H groups in total. The van der Waals surface area contributed by atoms with E-state index in [2.05, 4.69) is 5.32 Å². The molecule has 0 fully saturated rings.